The third-order valence-corrected chi connectivity index (χ3v) is 4.95. The second-order valence-corrected chi connectivity index (χ2v) is 6.53. The van der Waals surface area contributed by atoms with Crippen LogP contribution in [0.2, 0.25) is 0 Å². The summed E-state index contributed by atoms with van der Waals surface area (Å²) in [5, 5.41) is 3.20. The molecule has 1 amide bonds. The Kier molecular flexibility index (Phi) is 8.93. The summed E-state index contributed by atoms with van der Waals surface area (Å²) in [4.78, 5) is 14.7. The van der Waals surface area contributed by atoms with E-state index in [1.165, 1.54) is 0 Å². The van der Waals surface area contributed by atoms with Gasteiger partial charge in [-0.3, -0.25) is 4.79 Å². The molecule has 1 aliphatic rings. The zero-order valence-electron chi connectivity index (χ0n) is 14.2. The molecule has 0 saturated heterocycles. The molecule has 1 fully saturated rings. The monoisotopic (exact) mass is 297 g/mol. The number of nitrogens with one attached hydrogen (secondary N) is 1. The number of carbonyl (C=O) groups is 1. The molecule has 1 aliphatic carbocycles. The van der Waals surface area contributed by atoms with Gasteiger partial charge in [0.2, 0.25) is 5.91 Å². The van der Waals surface area contributed by atoms with Crippen molar-refractivity contribution in [3.63, 3.8) is 0 Å². The first-order chi connectivity index (χ1) is 10.1. The molecule has 3 N–H and O–H groups in total. The van der Waals surface area contributed by atoms with E-state index in [0.29, 0.717) is 12.0 Å². The van der Waals surface area contributed by atoms with E-state index in [9.17, 15) is 4.79 Å². The molecule has 21 heavy (non-hydrogen) atoms. The van der Waals surface area contributed by atoms with Crippen LogP contribution < -0.4 is 11.1 Å². The van der Waals surface area contributed by atoms with Crippen LogP contribution in [0.4, 0.5) is 0 Å². The van der Waals surface area contributed by atoms with Gasteiger partial charge in [-0.2, -0.15) is 0 Å². The largest absolute Gasteiger partial charge is 0.353 e. The SMILES string of the molecule is CCN(CC)CCCC(C)NC(=O)C1CCC(CN)CC1. The fraction of sp³-hybridized carbons (Fsp3) is 0.941. The zero-order chi connectivity index (χ0) is 15.7. The maximum absolute atomic E-state index is 12.3. The maximum Gasteiger partial charge on any atom is 0.223 e. The Labute approximate surface area is 130 Å². The molecule has 0 aliphatic heterocycles. The Hall–Kier alpha value is -0.610. The molecule has 0 radical (unpaired) electrons. The minimum atomic E-state index is 0.220. The minimum Gasteiger partial charge on any atom is -0.353 e. The summed E-state index contributed by atoms with van der Waals surface area (Å²) in [7, 11) is 0. The first kappa shape index (κ1) is 18.4. The van der Waals surface area contributed by atoms with Crippen LogP contribution >= 0.6 is 0 Å². The highest BCUT2D eigenvalue weighted by molar-refractivity contribution is 5.78. The van der Waals surface area contributed by atoms with Gasteiger partial charge in [-0.1, -0.05) is 13.8 Å². The van der Waals surface area contributed by atoms with Gasteiger partial charge in [0.05, 0.1) is 0 Å². The standard InChI is InChI=1S/C17H35N3O/c1-4-20(5-2)12-6-7-14(3)19-17(21)16-10-8-15(13-18)9-11-16/h14-16H,4-13,18H2,1-3H3,(H,19,21). The van der Waals surface area contributed by atoms with Gasteiger partial charge in [0.15, 0.2) is 0 Å². The van der Waals surface area contributed by atoms with Gasteiger partial charge in [-0.25, -0.2) is 0 Å². The van der Waals surface area contributed by atoms with E-state index in [-0.39, 0.29) is 11.8 Å². The summed E-state index contributed by atoms with van der Waals surface area (Å²) in [6, 6.07) is 0.292. The molecule has 0 bridgehead atoms. The van der Waals surface area contributed by atoms with Crippen molar-refractivity contribution in [3.8, 4) is 0 Å². The molecule has 4 nitrogen and oxygen atoms in total. The van der Waals surface area contributed by atoms with E-state index in [0.717, 1.165) is 64.7 Å². The highest BCUT2D eigenvalue weighted by Crippen LogP contribution is 2.28. The first-order valence-electron chi connectivity index (χ1n) is 8.83. The van der Waals surface area contributed by atoms with Crippen LogP contribution in [0.1, 0.15) is 59.3 Å². The Balaban J connectivity index is 2.19. The lowest BCUT2D eigenvalue weighted by Crippen LogP contribution is -2.39. The predicted octanol–water partition coefficient (Wildman–Crippen LogP) is 2.38. The summed E-state index contributed by atoms with van der Waals surface area (Å²) in [5.74, 6) is 1.12. The molecule has 4 heteroatoms. The molecule has 0 aromatic heterocycles. The van der Waals surface area contributed by atoms with Gasteiger partial charge in [0, 0.05) is 12.0 Å². The summed E-state index contributed by atoms with van der Waals surface area (Å²) >= 11 is 0. The second-order valence-electron chi connectivity index (χ2n) is 6.53. The van der Waals surface area contributed by atoms with Crippen molar-refractivity contribution < 1.29 is 4.79 Å². The Morgan fingerprint density at radius 1 is 1.24 bits per heavy atom. The average Bonchev–Trinajstić information content (AvgIpc) is 2.51. The number of rotatable bonds is 9. The van der Waals surface area contributed by atoms with Gasteiger partial charge < -0.3 is 16.0 Å². The third-order valence-electron chi connectivity index (χ3n) is 4.95. The van der Waals surface area contributed by atoms with Crippen molar-refractivity contribution in [2.75, 3.05) is 26.2 Å². The second kappa shape index (κ2) is 10.2. The summed E-state index contributed by atoms with van der Waals surface area (Å²) < 4.78 is 0. The molecular weight excluding hydrogens is 262 g/mol. The number of hydrogen-bond acceptors (Lipinski definition) is 3. The van der Waals surface area contributed by atoms with E-state index in [2.05, 4.69) is 31.0 Å². The molecule has 1 saturated carbocycles. The topological polar surface area (TPSA) is 58.4 Å². The van der Waals surface area contributed by atoms with Crippen LogP contribution in [0.15, 0.2) is 0 Å². The van der Waals surface area contributed by atoms with Crippen LogP contribution in [0.25, 0.3) is 0 Å². The molecule has 124 valence electrons. The van der Waals surface area contributed by atoms with Crippen molar-refractivity contribution in [1.82, 2.24) is 10.2 Å². The van der Waals surface area contributed by atoms with Crippen LogP contribution in [-0.4, -0.2) is 43.0 Å². The third kappa shape index (κ3) is 6.79. The number of amides is 1. The average molecular weight is 297 g/mol. The van der Waals surface area contributed by atoms with E-state index >= 15 is 0 Å². The maximum atomic E-state index is 12.3. The van der Waals surface area contributed by atoms with Crippen molar-refractivity contribution in [2.24, 2.45) is 17.6 Å². The van der Waals surface area contributed by atoms with Crippen molar-refractivity contribution >= 4 is 5.91 Å². The fourth-order valence-corrected chi connectivity index (χ4v) is 3.25. The molecule has 1 unspecified atom stereocenters. The van der Waals surface area contributed by atoms with E-state index in [1.54, 1.807) is 0 Å². The van der Waals surface area contributed by atoms with Crippen molar-refractivity contribution in [2.45, 2.75) is 65.3 Å². The van der Waals surface area contributed by atoms with Crippen molar-refractivity contribution in [1.29, 1.82) is 0 Å². The van der Waals surface area contributed by atoms with Crippen LogP contribution in [-0.2, 0) is 4.79 Å². The van der Waals surface area contributed by atoms with E-state index < -0.39 is 0 Å². The summed E-state index contributed by atoms with van der Waals surface area (Å²) in [6.45, 7) is 10.7. The fourth-order valence-electron chi connectivity index (χ4n) is 3.25. The first-order valence-corrected chi connectivity index (χ1v) is 8.83. The Bertz CT molecular complexity index is 284. The van der Waals surface area contributed by atoms with E-state index in [4.69, 9.17) is 5.73 Å². The van der Waals surface area contributed by atoms with Crippen LogP contribution in [0.3, 0.4) is 0 Å². The van der Waals surface area contributed by atoms with Crippen LogP contribution in [0, 0.1) is 11.8 Å². The predicted molar refractivity (Wildman–Crippen MR) is 89.1 cm³/mol. The Morgan fingerprint density at radius 2 is 1.86 bits per heavy atom. The number of nitrogens with zero attached hydrogens (tertiary/aromatic N) is 1. The number of nitrogens with two attached hydrogens (primary N) is 1. The minimum absolute atomic E-state index is 0.220. The summed E-state index contributed by atoms with van der Waals surface area (Å²) in [5.41, 5.74) is 5.70. The van der Waals surface area contributed by atoms with Gasteiger partial charge in [0.1, 0.15) is 0 Å². The lowest BCUT2D eigenvalue weighted by atomic mass is 9.81. The van der Waals surface area contributed by atoms with Gasteiger partial charge in [0.25, 0.3) is 0 Å². The lowest BCUT2D eigenvalue weighted by Gasteiger charge is -2.28. The van der Waals surface area contributed by atoms with Gasteiger partial charge in [-0.15, -0.1) is 0 Å². The van der Waals surface area contributed by atoms with Crippen LogP contribution in [0.5, 0.6) is 0 Å². The quantitative estimate of drug-likeness (QED) is 0.687. The highest BCUT2D eigenvalue weighted by atomic mass is 16.1. The molecule has 0 aromatic carbocycles. The molecule has 0 aromatic rings. The van der Waals surface area contributed by atoms with Crippen molar-refractivity contribution in [3.05, 3.63) is 0 Å². The number of hydrogen-bond donors (Lipinski definition) is 2. The molecule has 1 atom stereocenters. The number of carbonyl (C=O) groups excluding carboxylic acids is 1. The molecule has 1 rings (SSSR count). The van der Waals surface area contributed by atoms with Gasteiger partial charge >= 0.3 is 0 Å². The summed E-state index contributed by atoms with van der Waals surface area (Å²) in [6.07, 6.45) is 6.49. The van der Waals surface area contributed by atoms with E-state index in [1.807, 2.05) is 0 Å². The normalized spacial score (nSPS) is 24.0. The molecule has 0 spiro atoms. The molecular formula is C17H35N3O. The lowest BCUT2D eigenvalue weighted by molar-refractivity contribution is -0.126. The smallest absolute Gasteiger partial charge is 0.223 e. The molecule has 0 heterocycles. The zero-order valence-corrected chi connectivity index (χ0v) is 14.2. The van der Waals surface area contributed by atoms with Gasteiger partial charge in [-0.05, 0) is 77.5 Å². The Morgan fingerprint density at radius 3 is 2.38 bits per heavy atom. The highest BCUT2D eigenvalue weighted by Gasteiger charge is 2.26.